The van der Waals surface area contributed by atoms with Crippen LogP contribution in [0.15, 0.2) is 42.6 Å². The third-order valence-corrected chi connectivity index (χ3v) is 2.43. The molecule has 0 aliphatic carbocycles. The number of benzene rings is 1. The predicted octanol–water partition coefficient (Wildman–Crippen LogP) is 2.43. The highest BCUT2D eigenvalue weighted by Gasteiger charge is 1.99. The summed E-state index contributed by atoms with van der Waals surface area (Å²) in [7, 11) is 0. The second kappa shape index (κ2) is 5.91. The summed E-state index contributed by atoms with van der Waals surface area (Å²) in [6.07, 6.45) is 1.63. The van der Waals surface area contributed by atoms with Gasteiger partial charge < -0.3 is 15.2 Å². The number of pyridine rings is 1. The van der Waals surface area contributed by atoms with Crippen molar-refractivity contribution in [2.75, 3.05) is 18.9 Å². The Balaban J connectivity index is 1.76. The van der Waals surface area contributed by atoms with Gasteiger partial charge in [-0.1, -0.05) is 17.7 Å². The molecule has 4 nitrogen and oxygen atoms in total. The maximum absolute atomic E-state index is 5.65. The molecule has 0 aliphatic heterocycles. The average molecular weight is 244 g/mol. The summed E-state index contributed by atoms with van der Waals surface area (Å²) in [5.41, 5.74) is 6.86. The van der Waals surface area contributed by atoms with Gasteiger partial charge in [0.2, 0.25) is 0 Å². The van der Waals surface area contributed by atoms with Gasteiger partial charge in [0.25, 0.3) is 0 Å². The minimum absolute atomic E-state index is 0.396. The van der Waals surface area contributed by atoms with Gasteiger partial charge in [0.1, 0.15) is 19.0 Å². The van der Waals surface area contributed by atoms with Gasteiger partial charge in [0.15, 0.2) is 11.6 Å². The van der Waals surface area contributed by atoms with Crippen molar-refractivity contribution in [3.63, 3.8) is 0 Å². The number of aryl methyl sites for hydroxylation is 1. The maximum Gasteiger partial charge on any atom is 0.166 e. The molecule has 18 heavy (non-hydrogen) atoms. The van der Waals surface area contributed by atoms with Crippen LogP contribution in [0, 0.1) is 6.92 Å². The molecule has 0 saturated carbocycles. The van der Waals surface area contributed by atoms with E-state index < -0.39 is 0 Å². The topological polar surface area (TPSA) is 57.4 Å². The molecule has 0 amide bonds. The zero-order valence-corrected chi connectivity index (χ0v) is 10.3. The fraction of sp³-hybridized carbons (Fsp3) is 0.214. The Hall–Kier alpha value is -2.23. The Kier molecular flexibility index (Phi) is 4.02. The van der Waals surface area contributed by atoms with Crippen LogP contribution >= 0.6 is 0 Å². The van der Waals surface area contributed by atoms with E-state index in [1.54, 1.807) is 18.3 Å². The first-order valence-corrected chi connectivity index (χ1v) is 5.78. The lowest BCUT2D eigenvalue weighted by Crippen LogP contribution is -2.10. The minimum Gasteiger partial charge on any atom is -0.490 e. The van der Waals surface area contributed by atoms with Crippen LogP contribution in [-0.2, 0) is 0 Å². The molecule has 0 unspecified atom stereocenters. The fourth-order valence-electron chi connectivity index (χ4n) is 1.47. The Morgan fingerprint density at radius 1 is 1.06 bits per heavy atom. The van der Waals surface area contributed by atoms with E-state index in [2.05, 4.69) is 4.98 Å². The number of rotatable bonds is 5. The van der Waals surface area contributed by atoms with Crippen molar-refractivity contribution in [3.8, 4) is 11.5 Å². The summed E-state index contributed by atoms with van der Waals surface area (Å²) in [4.78, 5) is 3.94. The lowest BCUT2D eigenvalue weighted by Gasteiger charge is -2.09. The largest absolute Gasteiger partial charge is 0.490 e. The van der Waals surface area contributed by atoms with Crippen LogP contribution in [0.1, 0.15) is 5.56 Å². The van der Waals surface area contributed by atoms with Gasteiger partial charge in [-0.05, 0) is 31.2 Å². The van der Waals surface area contributed by atoms with Gasteiger partial charge in [-0.2, -0.15) is 0 Å². The Morgan fingerprint density at radius 2 is 1.78 bits per heavy atom. The van der Waals surface area contributed by atoms with Gasteiger partial charge in [0, 0.05) is 6.20 Å². The first-order chi connectivity index (χ1) is 8.75. The van der Waals surface area contributed by atoms with E-state index in [1.807, 2.05) is 31.2 Å². The van der Waals surface area contributed by atoms with E-state index >= 15 is 0 Å². The molecule has 0 fully saturated rings. The number of nitrogen functional groups attached to an aromatic ring is 1. The normalized spacial score (nSPS) is 10.1. The molecule has 1 heterocycles. The molecule has 1 aromatic carbocycles. The number of hydrogen-bond acceptors (Lipinski definition) is 4. The van der Waals surface area contributed by atoms with Gasteiger partial charge in [-0.15, -0.1) is 0 Å². The molecule has 0 saturated heterocycles. The summed E-state index contributed by atoms with van der Waals surface area (Å²) in [5, 5.41) is 0. The number of nitrogens with two attached hydrogens (primary N) is 1. The fourth-order valence-corrected chi connectivity index (χ4v) is 1.47. The number of aromatic nitrogens is 1. The third-order valence-electron chi connectivity index (χ3n) is 2.43. The third kappa shape index (κ3) is 3.38. The van der Waals surface area contributed by atoms with Gasteiger partial charge >= 0.3 is 0 Å². The highest BCUT2D eigenvalue weighted by Crippen LogP contribution is 2.16. The molecule has 0 atom stereocenters. The molecule has 2 N–H and O–H groups in total. The second-order valence-electron chi connectivity index (χ2n) is 3.90. The van der Waals surface area contributed by atoms with E-state index in [-0.39, 0.29) is 0 Å². The van der Waals surface area contributed by atoms with E-state index in [4.69, 9.17) is 15.2 Å². The van der Waals surface area contributed by atoms with Gasteiger partial charge in [0.05, 0.1) is 0 Å². The highest BCUT2D eigenvalue weighted by molar-refractivity contribution is 5.44. The number of nitrogens with zero attached hydrogens (tertiary/aromatic N) is 1. The first kappa shape index (κ1) is 12.2. The minimum atomic E-state index is 0.396. The number of ether oxygens (including phenoxy) is 2. The molecule has 0 bridgehead atoms. The molecule has 1 aromatic heterocycles. The van der Waals surface area contributed by atoms with Crippen molar-refractivity contribution in [3.05, 3.63) is 48.2 Å². The summed E-state index contributed by atoms with van der Waals surface area (Å²) in [5.74, 6) is 1.82. The average Bonchev–Trinajstić information content (AvgIpc) is 2.39. The number of hydrogen-bond donors (Lipinski definition) is 1. The molecule has 4 heteroatoms. The Bertz CT molecular complexity index is 497. The molecule has 2 rings (SSSR count). The lowest BCUT2D eigenvalue weighted by molar-refractivity contribution is 0.217. The summed E-state index contributed by atoms with van der Waals surface area (Å²) in [6.45, 7) is 2.94. The van der Waals surface area contributed by atoms with Crippen LogP contribution in [0.4, 0.5) is 5.82 Å². The molecular formula is C14H16N2O2. The van der Waals surface area contributed by atoms with Crippen LogP contribution in [0.2, 0.25) is 0 Å². The molecule has 94 valence electrons. The maximum atomic E-state index is 5.65. The van der Waals surface area contributed by atoms with Crippen molar-refractivity contribution in [2.24, 2.45) is 0 Å². The smallest absolute Gasteiger partial charge is 0.166 e. The Labute approximate surface area is 106 Å². The molecule has 0 spiro atoms. The van der Waals surface area contributed by atoms with Crippen molar-refractivity contribution in [1.29, 1.82) is 0 Å². The van der Waals surface area contributed by atoms with Crippen LogP contribution in [0.3, 0.4) is 0 Å². The van der Waals surface area contributed by atoms with Crippen LogP contribution in [0.25, 0.3) is 0 Å². The molecule has 0 radical (unpaired) electrons. The van der Waals surface area contributed by atoms with Crippen LogP contribution in [0.5, 0.6) is 11.5 Å². The second-order valence-corrected chi connectivity index (χ2v) is 3.90. The lowest BCUT2D eigenvalue weighted by atomic mass is 10.2. The summed E-state index contributed by atoms with van der Waals surface area (Å²) >= 11 is 0. The quantitative estimate of drug-likeness (QED) is 0.821. The van der Waals surface area contributed by atoms with Gasteiger partial charge in [-0.25, -0.2) is 4.98 Å². The van der Waals surface area contributed by atoms with Crippen molar-refractivity contribution >= 4 is 5.82 Å². The van der Waals surface area contributed by atoms with E-state index in [0.29, 0.717) is 24.8 Å². The highest BCUT2D eigenvalue weighted by atomic mass is 16.5. The van der Waals surface area contributed by atoms with Crippen LogP contribution in [-0.4, -0.2) is 18.2 Å². The SMILES string of the molecule is Cc1ccc(OCCOc2cccnc2N)cc1. The molecular weight excluding hydrogens is 228 g/mol. The van der Waals surface area contributed by atoms with E-state index in [9.17, 15) is 0 Å². The van der Waals surface area contributed by atoms with Gasteiger partial charge in [-0.3, -0.25) is 0 Å². The van der Waals surface area contributed by atoms with Crippen molar-refractivity contribution < 1.29 is 9.47 Å². The monoisotopic (exact) mass is 244 g/mol. The zero-order chi connectivity index (χ0) is 12.8. The van der Waals surface area contributed by atoms with E-state index in [0.717, 1.165) is 5.75 Å². The van der Waals surface area contributed by atoms with Crippen molar-refractivity contribution in [2.45, 2.75) is 6.92 Å². The van der Waals surface area contributed by atoms with Crippen LogP contribution < -0.4 is 15.2 Å². The van der Waals surface area contributed by atoms with Crippen molar-refractivity contribution in [1.82, 2.24) is 4.98 Å². The number of anilines is 1. The molecule has 0 aliphatic rings. The molecule has 2 aromatic rings. The predicted molar refractivity (Wildman–Crippen MR) is 70.8 cm³/mol. The first-order valence-electron chi connectivity index (χ1n) is 5.78. The van der Waals surface area contributed by atoms with E-state index in [1.165, 1.54) is 5.56 Å². The Morgan fingerprint density at radius 3 is 2.50 bits per heavy atom. The zero-order valence-electron chi connectivity index (χ0n) is 10.3. The standard InChI is InChI=1S/C14H16N2O2/c1-11-4-6-12(7-5-11)17-9-10-18-13-3-2-8-16-14(13)15/h2-8H,9-10H2,1H3,(H2,15,16). The summed E-state index contributed by atoms with van der Waals surface area (Å²) < 4.78 is 11.0. The summed E-state index contributed by atoms with van der Waals surface area (Å²) in [6, 6.07) is 11.5.